The van der Waals surface area contributed by atoms with Gasteiger partial charge >= 0.3 is 0 Å². The smallest absolute Gasteiger partial charge is 0.295 e. The number of fused-ring (bicyclic) bond motifs is 1. The zero-order chi connectivity index (χ0) is 25.9. The molecule has 1 aliphatic rings. The van der Waals surface area contributed by atoms with E-state index in [1.54, 1.807) is 49.6 Å². The van der Waals surface area contributed by atoms with Crippen LogP contribution >= 0.6 is 0 Å². The van der Waals surface area contributed by atoms with Gasteiger partial charge in [0.2, 0.25) is 5.91 Å². The molecule has 36 heavy (non-hydrogen) atoms. The highest BCUT2D eigenvalue weighted by molar-refractivity contribution is 6.13. The fourth-order valence-corrected chi connectivity index (χ4v) is 4.07. The molecule has 1 atom stereocenters. The quantitative estimate of drug-likeness (QED) is 0.489. The first-order chi connectivity index (χ1) is 17.2. The molecule has 3 aromatic carbocycles. The van der Waals surface area contributed by atoms with E-state index in [0.717, 1.165) is 5.56 Å². The molecule has 7 heteroatoms. The third-order valence-corrected chi connectivity index (χ3v) is 5.61. The van der Waals surface area contributed by atoms with E-state index in [-0.39, 0.29) is 11.7 Å². The van der Waals surface area contributed by atoms with E-state index in [0.29, 0.717) is 28.5 Å². The number of hydrogen-bond donors (Lipinski definition) is 1. The second kappa shape index (κ2) is 10.2. The van der Waals surface area contributed by atoms with Crippen LogP contribution < -0.4 is 24.4 Å². The number of nitrogens with zero attached hydrogens (tertiary/aromatic N) is 1. The highest BCUT2D eigenvalue weighted by Crippen LogP contribution is 2.43. The van der Waals surface area contributed by atoms with Crippen molar-refractivity contribution < 1.29 is 23.8 Å². The van der Waals surface area contributed by atoms with E-state index in [1.165, 1.54) is 12.0 Å². The zero-order valence-corrected chi connectivity index (χ0v) is 21.1. The Morgan fingerprint density at radius 3 is 2.33 bits per heavy atom. The van der Waals surface area contributed by atoms with Crippen LogP contribution in [0.5, 0.6) is 17.2 Å². The van der Waals surface area contributed by atoms with E-state index < -0.39 is 17.5 Å². The van der Waals surface area contributed by atoms with Crippen LogP contribution in [0.3, 0.4) is 0 Å². The number of methoxy groups -OCH3 is 2. The lowest BCUT2D eigenvalue weighted by molar-refractivity contribution is -0.127. The minimum absolute atomic E-state index is 0.107. The first-order valence-corrected chi connectivity index (χ1v) is 11.6. The van der Waals surface area contributed by atoms with Gasteiger partial charge in [-0.2, -0.15) is 0 Å². The Bertz CT molecular complexity index is 1290. The van der Waals surface area contributed by atoms with Crippen molar-refractivity contribution in [3.05, 3.63) is 89.7 Å². The van der Waals surface area contributed by atoms with Crippen molar-refractivity contribution in [1.82, 2.24) is 5.32 Å². The number of carbonyl (C=O) groups excluding carboxylic acids is 2. The number of para-hydroxylation sites is 2. The van der Waals surface area contributed by atoms with E-state index in [2.05, 4.69) is 5.32 Å². The maximum atomic E-state index is 14.0. The molecule has 0 bridgehead atoms. The van der Waals surface area contributed by atoms with Crippen molar-refractivity contribution in [3.63, 3.8) is 0 Å². The highest BCUT2D eigenvalue weighted by atomic mass is 16.5. The summed E-state index contributed by atoms with van der Waals surface area (Å²) in [7, 11) is 3.07. The molecule has 1 aliphatic heterocycles. The van der Waals surface area contributed by atoms with Crippen LogP contribution in [0.25, 0.3) is 6.08 Å². The van der Waals surface area contributed by atoms with E-state index in [1.807, 2.05) is 57.2 Å². The molecule has 186 valence electrons. The maximum Gasteiger partial charge on any atom is 0.295 e. The number of benzene rings is 3. The van der Waals surface area contributed by atoms with Crippen molar-refractivity contribution >= 4 is 23.6 Å². The molecular formula is C29H30N2O5. The van der Waals surface area contributed by atoms with Gasteiger partial charge in [0.15, 0.2) is 11.5 Å². The van der Waals surface area contributed by atoms with Crippen LogP contribution in [0.4, 0.5) is 5.69 Å². The molecule has 7 nitrogen and oxygen atoms in total. The number of amides is 2. The molecule has 0 aromatic heterocycles. The van der Waals surface area contributed by atoms with Gasteiger partial charge in [0.05, 0.1) is 19.9 Å². The molecule has 1 N–H and O–H groups in total. The van der Waals surface area contributed by atoms with Gasteiger partial charge in [-0.25, -0.2) is 0 Å². The molecule has 1 heterocycles. The Labute approximate surface area is 211 Å². The summed E-state index contributed by atoms with van der Waals surface area (Å²) < 4.78 is 17.1. The summed E-state index contributed by atoms with van der Waals surface area (Å²) in [6.45, 7) is 5.67. The Balaban J connectivity index is 1.93. The summed E-state index contributed by atoms with van der Waals surface area (Å²) in [5, 5.41) is 3.03. The molecule has 0 spiro atoms. The topological polar surface area (TPSA) is 77.1 Å². The van der Waals surface area contributed by atoms with E-state index in [9.17, 15) is 9.59 Å². The standard InChI is InChI=1S/C29H30N2O5/c1-29(2,3)30-27(32)26(21-18-20(34-4)15-16-23(21)35-5)31-22-13-9-10-14-24(22)36-25(28(31)33)17-19-11-7-6-8-12-19/h6-18,26H,1-5H3,(H,30,32)/b25-17-/t26-/m1/s1. The van der Waals surface area contributed by atoms with Crippen molar-refractivity contribution in [2.45, 2.75) is 32.4 Å². The van der Waals surface area contributed by atoms with Gasteiger partial charge in [-0.1, -0.05) is 42.5 Å². The summed E-state index contributed by atoms with van der Waals surface area (Å²) in [6, 6.07) is 20.7. The summed E-state index contributed by atoms with van der Waals surface area (Å²) in [5.74, 6) is 0.753. The second-order valence-electron chi connectivity index (χ2n) is 9.41. The molecule has 0 saturated carbocycles. The lowest BCUT2D eigenvalue weighted by Crippen LogP contribution is -2.51. The summed E-state index contributed by atoms with van der Waals surface area (Å²) in [4.78, 5) is 29.4. The molecule has 0 aliphatic carbocycles. The molecule has 4 rings (SSSR count). The van der Waals surface area contributed by atoms with E-state index >= 15 is 0 Å². The Hall–Kier alpha value is -4.26. The molecule has 0 unspecified atom stereocenters. The number of nitrogens with one attached hydrogen (secondary N) is 1. The van der Waals surface area contributed by atoms with Gasteiger partial charge in [-0.05, 0) is 62.7 Å². The highest BCUT2D eigenvalue weighted by Gasteiger charge is 2.41. The van der Waals surface area contributed by atoms with Crippen LogP contribution in [0.1, 0.15) is 37.9 Å². The Kier molecular flexibility index (Phi) is 7.01. The van der Waals surface area contributed by atoms with Crippen LogP contribution in [-0.2, 0) is 9.59 Å². The normalized spacial score (nSPS) is 15.1. The van der Waals surface area contributed by atoms with Crippen molar-refractivity contribution in [2.24, 2.45) is 0 Å². The fraction of sp³-hybridized carbons (Fsp3) is 0.241. The third-order valence-electron chi connectivity index (χ3n) is 5.61. The Morgan fingerprint density at radius 1 is 0.972 bits per heavy atom. The van der Waals surface area contributed by atoms with Crippen LogP contribution in [0.15, 0.2) is 78.6 Å². The molecule has 0 saturated heterocycles. The monoisotopic (exact) mass is 486 g/mol. The molecular weight excluding hydrogens is 456 g/mol. The zero-order valence-electron chi connectivity index (χ0n) is 21.1. The van der Waals surface area contributed by atoms with Gasteiger partial charge in [0, 0.05) is 11.1 Å². The average Bonchev–Trinajstić information content (AvgIpc) is 2.85. The molecule has 0 radical (unpaired) electrons. The molecule has 3 aromatic rings. The van der Waals surface area contributed by atoms with Gasteiger partial charge in [0.1, 0.15) is 17.5 Å². The molecule has 0 fully saturated rings. The average molecular weight is 487 g/mol. The number of carbonyl (C=O) groups is 2. The second-order valence-corrected chi connectivity index (χ2v) is 9.41. The van der Waals surface area contributed by atoms with Crippen LogP contribution in [0.2, 0.25) is 0 Å². The predicted octanol–water partition coefficient (Wildman–Crippen LogP) is 5.13. The SMILES string of the molecule is COc1ccc(OC)c([C@H](C(=O)NC(C)(C)C)N2C(=O)/C(=C/c3ccccc3)Oc3ccccc32)c1. The minimum Gasteiger partial charge on any atom is -0.497 e. The number of rotatable bonds is 6. The van der Waals surface area contributed by atoms with Crippen molar-refractivity contribution in [2.75, 3.05) is 19.1 Å². The van der Waals surface area contributed by atoms with E-state index in [4.69, 9.17) is 14.2 Å². The largest absolute Gasteiger partial charge is 0.497 e. The maximum absolute atomic E-state index is 14.0. The first kappa shape index (κ1) is 24.9. The minimum atomic E-state index is -1.06. The Morgan fingerprint density at radius 2 is 1.67 bits per heavy atom. The third kappa shape index (κ3) is 5.20. The van der Waals surface area contributed by atoms with Crippen LogP contribution in [-0.4, -0.2) is 31.6 Å². The lowest BCUT2D eigenvalue weighted by atomic mass is 9.98. The van der Waals surface area contributed by atoms with Crippen molar-refractivity contribution in [3.8, 4) is 17.2 Å². The first-order valence-electron chi connectivity index (χ1n) is 11.6. The molecule has 2 amide bonds. The van der Waals surface area contributed by atoms with Gasteiger partial charge in [0.25, 0.3) is 5.91 Å². The van der Waals surface area contributed by atoms with Gasteiger partial charge in [-0.3, -0.25) is 14.5 Å². The van der Waals surface area contributed by atoms with Crippen LogP contribution in [0, 0.1) is 0 Å². The number of anilines is 1. The summed E-state index contributed by atoms with van der Waals surface area (Å²) in [5.41, 5.74) is 1.23. The van der Waals surface area contributed by atoms with Gasteiger partial charge in [-0.15, -0.1) is 0 Å². The predicted molar refractivity (Wildman–Crippen MR) is 139 cm³/mol. The number of hydrogen-bond acceptors (Lipinski definition) is 5. The summed E-state index contributed by atoms with van der Waals surface area (Å²) >= 11 is 0. The summed E-state index contributed by atoms with van der Waals surface area (Å²) in [6.07, 6.45) is 1.67. The van der Waals surface area contributed by atoms with Gasteiger partial charge < -0.3 is 19.5 Å². The number of ether oxygens (including phenoxy) is 3. The van der Waals surface area contributed by atoms with Crippen molar-refractivity contribution in [1.29, 1.82) is 0 Å². The lowest BCUT2D eigenvalue weighted by Gasteiger charge is -2.37. The fourth-order valence-electron chi connectivity index (χ4n) is 4.07.